The lowest BCUT2D eigenvalue weighted by molar-refractivity contribution is -0.138. The molecule has 1 aliphatic heterocycles. The molecule has 0 saturated heterocycles. The van der Waals surface area contributed by atoms with Crippen LogP contribution in [0, 0.1) is 0 Å². The van der Waals surface area contributed by atoms with Gasteiger partial charge in [0, 0.05) is 12.3 Å². The Kier molecular flexibility index (Phi) is 3.12. The highest BCUT2D eigenvalue weighted by atomic mass is 32.1. The fraction of sp³-hybridized carbons (Fsp3) is 0.231. The van der Waals surface area contributed by atoms with Crippen molar-refractivity contribution in [3.63, 3.8) is 0 Å². The van der Waals surface area contributed by atoms with Crippen molar-refractivity contribution in [2.45, 2.75) is 18.5 Å². The average molecular weight is 313 g/mol. The second-order valence-corrected chi connectivity index (χ2v) is 5.72. The van der Waals surface area contributed by atoms with Gasteiger partial charge in [-0.2, -0.15) is 13.2 Å². The Morgan fingerprint density at radius 1 is 1.33 bits per heavy atom. The lowest BCUT2D eigenvalue weighted by Gasteiger charge is -2.24. The summed E-state index contributed by atoms with van der Waals surface area (Å²) in [4.78, 5) is 16.2. The van der Waals surface area contributed by atoms with E-state index < -0.39 is 17.7 Å². The summed E-state index contributed by atoms with van der Waals surface area (Å²) in [5.41, 5.74) is 4.94. The van der Waals surface area contributed by atoms with Gasteiger partial charge in [-0.05, 0) is 11.6 Å². The van der Waals surface area contributed by atoms with Gasteiger partial charge in [-0.15, -0.1) is 0 Å². The smallest absolute Gasteiger partial charge is 0.375 e. The first-order valence-electron chi connectivity index (χ1n) is 6.08. The molecule has 21 heavy (non-hydrogen) atoms. The number of benzene rings is 1. The minimum Gasteiger partial charge on any atom is -0.375 e. The van der Waals surface area contributed by atoms with Crippen molar-refractivity contribution in [2.75, 3.05) is 11.1 Å². The Morgan fingerprint density at radius 3 is 2.76 bits per heavy atom. The van der Waals surface area contributed by atoms with Crippen LogP contribution >= 0.6 is 11.3 Å². The maximum Gasteiger partial charge on any atom is 0.416 e. The largest absolute Gasteiger partial charge is 0.416 e. The molecule has 0 saturated carbocycles. The number of hydrogen-bond donors (Lipinski definition) is 2. The molecule has 1 unspecified atom stereocenters. The second kappa shape index (κ2) is 4.73. The lowest BCUT2D eigenvalue weighted by Crippen LogP contribution is -2.24. The number of hydrogen-bond acceptors (Lipinski definition) is 4. The normalized spacial score (nSPS) is 18.2. The summed E-state index contributed by atoms with van der Waals surface area (Å²) < 4.78 is 39.4. The molecule has 0 fully saturated rings. The number of nitrogens with one attached hydrogen (secondary N) is 1. The van der Waals surface area contributed by atoms with Crippen LogP contribution in [0.1, 0.15) is 28.3 Å². The minimum absolute atomic E-state index is 0.0538. The van der Waals surface area contributed by atoms with Crippen molar-refractivity contribution in [1.82, 2.24) is 4.98 Å². The van der Waals surface area contributed by atoms with Crippen LogP contribution in [-0.2, 0) is 11.0 Å². The summed E-state index contributed by atoms with van der Waals surface area (Å²) in [6.45, 7) is 0. The predicted octanol–water partition coefficient (Wildman–Crippen LogP) is 3.22. The number of amides is 1. The summed E-state index contributed by atoms with van der Waals surface area (Å²) in [5.74, 6) is -0.785. The molecule has 1 amide bonds. The van der Waals surface area contributed by atoms with Crippen LogP contribution in [0.3, 0.4) is 0 Å². The number of thiazole rings is 1. The van der Waals surface area contributed by atoms with Gasteiger partial charge in [0.25, 0.3) is 0 Å². The topological polar surface area (TPSA) is 68.0 Å². The first-order chi connectivity index (χ1) is 9.86. The maximum atomic E-state index is 13.1. The average Bonchev–Trinajstić information content (AvgIpc) is 2.77. The highest BCUT2D eigenvalue weighted by Crippen LogP contribution is 2.45. The van der Waals surface area contributed by atoms with Gasteiger partial charge in [-0.1, -0.05) is 29.5 Å². The predicted molar refractivity (Wildman–Crippen MR) is 73.1 cm³/mol. The van der Waals surface area contributed by atoms with Crippen LogP contribution in [0.4, 0.5) is 24.1 Å². The third-order valence-corrected chi connectivity index (χ3v) is 4.27. The molecular formula is C13H10F3N3OS. The molecule has 3 N–H and O–H groups in total. The van der Waals surface area contributed by atoms with E-state index in [1.807, 2.05) is 0 Å². The van der Waals surface area contributed by atoms with Crippen molar-refractivity contribution < 1.29 is 18.0 Å². The molecule has 1 aromatic heterocycles. The number of anilines is 2. The van der Waals surface area contributed by atoms with Crippen LogP contribution < -0.4 is 11.1 Å². The molecule has 4 nitrogen and oxygen atoms in total. The molecule has 3 rings (SSSR count). The number of alkyl halides is 3. The van der Waals surface area contributed by atoms with Crippen molar-refractivity contribution in [2.24, 2.45) is 0 Å². The minimum atomic E-state index is -4.47. The van der Waals surface area contributed by atoms with E-state index in [2.05, 4.69) is 10.3 Å². The first kappa shape index (κ1) is 13.9. The molecule has 0 spiro atoms. The van der Waals surface area contributed by atoms with Crippen LogP contribution in [0.15, 0.2) is 24.3 Å². The Labute approximate surface area is 121 Å². The highest BCUT2D eigenvalue weighted by Gasteiger charge is 2.38. The third kappa shape index (κ3) is 2.46. The van der Waals surface area contributed by atoms with Crippen LogP contribution in [0.2, 0.25) is 0 Å². The molecule has 1 atom stereocenters. The molecule has 110 valence electrons. The second-order valence-electron chi connectivity index (χ2n) is 4.65. The van der Waals surface area contributed by atoms with E-state index in [4.69, 9.17) is 5.73 Å². The summed E-state index contributed by atoms with van der Waals surface area (Å²) in [6, 6.07) is 5.27. The van der Waals surface area contributed by atoms with E-state index in [-0.39, 0.29) is 28.8 Å². The molecule has 1 aliphatic rings. The van der Waals surface area contributed by atoms with Gasteiger partial charge in [-0.3, -0.25) is 4.79 Å². The Bertz CT molecular complexity index is 711. The third-order valence-electron chi connectivity index (χ3n) is 3.28. The molecule has 1 aromatic carbocycles. The quantitative estimate of drug-likeness (QED) is 0.849. The zero-order chi connectivity index (χ0) is 15.2. The highest BCUT2D eigenvalue weighted by molar-refractivity contribution is 7.16. The van der Waals surface area contributed by atoms with Gasteiger partial charge in [0.2, 0.25) is 5.91 Å². The van der Waals surface area contributed by atoms with Crippen molar-refractivity contribution in [3.05, 3.63) is 40.3 Å². The lowest BCUT2D eigenvalue weighted by atomic mass is 9.88. The van der Waals surface area contributed by atoms with Crippen molar-refractivity contribution in [3.8, 4) is 0 Å². The van der Waals surface area contributed by atoms with E-state index in [9.17, 15) is 18.0 Å². The molecule has 0 aliphatic carbocycles. The molecule has 8 heteroatoms. The fourth-order valence-electron chi connectivity index (χ4n) is 2.45. The van der Waals surface area contributed by atoms with Gasteiger partial charge < -0.3 is 11.1 Å². The standard InChI is InChI=1S/C13H10F3N3OS/c14-13(15,16)8-4-2-1-3-6(8)7-5-9(20)18-11-10(7)21-12(17)19-11/h1-4,7H,5H2,(H2,17,19)(H,18,20). The van der Waals surface area contributed by atoms with E-state index in [1.165, 1.54) is 18.2 Å². The molecule has 2 heterocycles. The SMILES string of the molecule is Nc1nc2c(s1)C(c1ccccc1C(F)(F)F)CC(=O)N2. The number of nitrogens with two attached hydrogens (primary N) is 1. The number of nitrogen functional groups attached to an aromatic ring is 1. The summed E-state index contributed by atoms with van der Waals surface area (Å²) in [6.07, 6.45) is -4.53. The van der Waals surface area contributed by atoms with E-state index in [1.54, 1.807) is 0 Å². The van der Waals surface area contributed by atoms with Crippen molar-refractivity contribution >= 4 is 28.2 Å². The monoisotopic (exact) mass is 313 g/mol. The summed E-state index contributed by atoms with van der Waals surface area (Å²) in [5, 5.41) is 2.76. The molecule has 0 bridgehead atoms. The zero-order valence-electron chi connectivity index (χ0n) is 10.6. The van der Waals surface area contributed by atoms with Crippen LogP contribution in [-0.4, -0.2) is 10.9 Å². The van der Waals surface area contributed by atoms with Gasteiger partial charge in [0.15, 0.2) is 5.13 Å². The Hall–Kier alpha value is -2.09. The van der Waals surface area contributed by atoms with Crippen LogP contribution in [0.25, 0.3) is 0 Å². The van der Waals surface area contributed by atoms with Gasteiger partial charge in [0.1, 0.15) is 5.82 Å². The van der Waals surface area contributed by atoms with Crippen LogP contribution in [0.5, 0.6) is 0 Å². The molecular weight excluding hydrogens is 303 g/mol. The van der Waals surface area contributed by atoms with E-state index >= 15 is 0 Å². The van der Waals surface area contributed by atoms with Gasteiger partial charge in [-0.25, -0.2) is 4.98 Å². The van der Waals surface area contributed by atoms with Crippen molar-refractivity contribution in [1.29, 1.82) is 0 Å². The summed E-state index contributed by atoms with van der Waals surface area (Å²) >= 11 is 1.10. The Balaban J connectivity index is 2.15. The first-order valence-corrected chi connectivity index (χ1v) is 6.90. The number of halogens is 3. The van der Waals surface area contributed by atoms with Gasteiger partial charge >= 0.3 is 6.18 Å². The number of nitrogens with zero attached hydrogens (tertiary/aromatic N) is 1. The molecule has 2 aromatic rings. The van der Waals surface area contributed by atoms with E-state index in [0.29, 0.717) is 4.88 Å². The zero-order valence-corrected chi connectivity index (χ0v) is 11.4. The number of aromatic nitrogens is 1. The molecule has 0 radical (unpaired) electrons. The Morgan fingerprint density at radius 2 is 2.05 bits per heavy atom. The number of rotatable bonds is 1. The number of carbonyl (C=O) groups is 1. The maximum absolute atomic E-state index is 13.1. The number of fused-ring (bicyclic) bond motifs is 1. The number of carbonyl (C=O) groups excluding carboxylic acids is 1. The fourth-order valence-corrected chi connectivity index (χ4v) is 3.35. The summed E-state index contributed by atoms with van der Waals surface area (Å²) in [7, 11) is 0. The van der Waals surface area contributed by atoms with E-state index in [0.717, 1.165) is 17.4 Å². The van der Waals surface area contributed by atoms with Gasteiger partial charge in [0.05, 0.1) is 10.4 Å².